The Morgan fingerprint density at radius 3 is 2.64 bits per heavy atom. The van der Waals surface area contributed by atoms with Gasteiger partial charge in [0.25, 0.3) is 0 Å². The zero-order valence-corrected chi connectivity index (χ0v) is 21.4. The Morgan fingerprint density at radius 2 is 1.89 bits per heavy atom. The molecule has 1 spiro atoms. The number of hydrogen-bond donors (Lipinski definition) is 2. The van der Waals surface area contributed by atoms with Gasteiger partial charge >= 0.3 is 0 Å². The molecule has 0 aliphatic carbocycles. The molecule has 3 aromatic rings. The summed E-state index contributed by atoms with van der Waals surface area (Å²) in [6.07, 6.45) is 3.33. The van der Waals surface area contributed by atoms with E-state index < -0.39 is 0 Å². The number of nitrogens with one attached hydrogen (secondary N) is 1. The molecule has 2 saturated heterocycles. The van der Waals surface area contributed by atoms with Crippen LogP contribution in [0.3, 0.4) is 0 Å². The van der Waals surface area contributed by atoms with Gasteiger partial charge in [0.1, 0.15) is 11.5 Å². The Hall–Kier alpha value is -3.13. The molecule has 2 fully saturated rings. The number of fused-ring (bicyclic) bond motifs is 1. The summed E-state index contributed by atoms with van der Waals surface area (Å²) < 4.78 is 5.65. The maximum absolute atomic E-state index is 10.2. The van der Waals surface area contributed by atoms with E-state index in [1.807, 2.05) is 18.2 Å². The van der Waals surface area contributed by atoms with Crippen LogP contribution in [0.25, 0.3) is 11.3 Å². The highest BCUT2D eigenvalue weighted by atomic mass is 16.5. The number of likely N-dealkylation sites (tertiary alicyclic amines) is 1. The number of para-hydroxylation sites is 1. The van der Waals surface area contributed by atoms with Gasteiger partial charge in [0.2, 0.25) is 0 Å². The predicted octanol–water partition coefficient (Wildman–Crippen LogP) is 4.54. The van der Waals surface area contributed by atoms with Crippen molar-refractivity contribution in [3.05, 3.63) is 47.7 Å². The van der Waals surface area contributed by atoms with E-state index in [0.29, 0.717) is 11.8 Å². The van der Waals surface area contributed by atoms with Crippen molar-refractivity contribution in [1.29, 1.82) is 0 Å². The van der Waals surface area contributed by atoms with E-state index in [0.717, 1.165) is 73.7 Å². The molecular weight excluding hydrogens is 452 g/mol. The lowest BCUT2D eigenvalue weighted by Crippen LogP contribution is -2.66. The van der Waals surface area contributed by atoms with Crippen molar-refractivity contribution in [3.8, 4) is 17.0 Å². The van der Waals surface area contributed by atoms with E-state index in [1.165, 1.54) is 18.4 Å². The minimum absolute atomic E-state index is 0.0687. The molecule has 6 rings (SSSR count). The van der Waals surface area contributed by atoms with Crippen LogP contribution in [0.2, 0.25) is 0 Å². The van der Waals surface area contributed by atoms with Gasteiger partial charge in [0.05, 0.1) is 11.2 Å². The number of aromatic nitrogens is 3. The highest BCUT2D eigenvalue weighted by molar-refractivity contribution is 5.69. The van der Waals surface area contributed by atoms with Crippen molar-refractivity contribution < 1.29 is 9.63 Å². The van der Waals surface area contributed by atoms with Crippen molar-refractivity contribution in [3.63, 3.8) is 0 Å². The van der Waals surface area contributed by atoms with Crippen molar-refractivity contribution in [2.24, 2.45) is 11.8 Å². The van der Waals surface area contributed by atoms with Crippen molar-refractivity contribution in [1.82, 2.24) is 20.3 Å². The molecule has 2 N–H and O–H groups in total. The first-order chi connectivity index (χ1) is 17.4. The molecule has 1 atom stereocenters. The Balaban J connectivity index is 1.00. The Morgan fingerprint density at radius 1 is 1.11 bits per heavy atom. The minimum Gasteiger partial charge on any atom is -0.507 e. The Labute approximate surface area is 212 Å². The summed E-state index contributed by atoms with van der Waals surface area (Å²) in [6.45, 7) is 12.0. The number of phenols is 1. The van der Waals surface area contributed by atoms with Gasteiger partial charge in [0.15, 0.2) is 11.6 Å². The van der Waals surface area contributed by atoms with Gasteiger partial charge in [0, 0.05) is 62.3 Å². The van der Waals surface area contributed by atoms with Gasteiger partial charge in [-0.15, -0.1) is 10.2 Å². The molecule has 0 bridgehead atoms. The lowest BCUT2D eigenvalue weighted by Gasteiger charge is -2.50. The molecule has 0 amide bonds. The van der Waals surface area contributed by atoms with Crippen molar-refractivity contribution in [2.75, 3.05) is 42.9 Å². The van der Waals surface area contributed by atoms with E-state index in [4.69, 9.17) is 4.52 Å². The quantitative estimate of drug-likeness (QED) is 0.523. The van der Waals surface area contributed by atoms with Crippen LogP contribution in [-0.4, -0.2) is 63.6 Å². The van der Waals surface area contributed by atoms with Crippen LogP contribution in [-0.2, 0) is 6.42 Å². The lowest BCUT2D eigenvalue weighted by molar-refractivity contribution is 0.0680. The fourth-order valence-electron chi connectivity index (χ4n) is 5.96. The normalized spacial score (nSPS) is 20.4. The van der Waals surface area contributed by atoms with Crippen LogP contribution in [0.5, 0.6) is 5.75 Å². The summed E-state index contributed by atoms with van der Waals surface area (Å²) >= 11 is 0. The number of rotatable bonds is 6. The van der Waals surface area contributed by atoms with Crippen LogP contribution in [0.15, 0.2) is 40.9 Å². The first-order valence-corrected chi connectivity index (χ1v) is 13.3. The van der Waals surface area contributed by atoms with Crippen LogP contribution in [0, 0.1) is 11.8 Å². The van der Waals surface area contributed by atoms with Crippen LogP contribution < -0.4 is 10.2 Å². The first kappa shape index (κ1) is 23.3. The van der Waals surface area contributed by atoms with Crippen LogP contribution in [0.1, 0.15) is 50.9 Å². The zero-order valence-electron chi connectivity index (χ0n) is 21.4. The summed E-state index contributed by atoms with van der Waals surface area (Å²) in [7, 11) is 0. The predicted molar refractivity (Wildman–Crippen MR) is 140 cm³/mol. The molecule has 1 unspecified atom stereocenters. The smallest absolute Gasteiger partial charge is 0.172 e. The molecule has 5 heterocycles. The molecule has 0 saturated carbocycles. The Bertz CT molecular complexity index is 1230. The number of piperidine rings is 1. The number of anilines is 2. The number of phenolic OH excluding ortho intramolecular Hbond substituents is 1. The minimum atomic E-state index is 0.0687. The lowest BCUT2D eigenvalue weighted by atomic mass is 9.85. The fraction of sp³-hybridized carbons (Fsp3) is 0.536. The van der Waals surface area contributed by atoms with E-state index in [9.17, 15) is 5.11 Å². The van der Waals surface area contributed by atoms with Gasteiger partial charge in [-0.25, -0.2) is 0 Å². The van der Waals surface area contributed by atoms with E-state index >= 15 is 0 Å². The molecule has 8 nitrogen and oxygen atoms in total. The van der Waals surface area contributed by atoms with Gasteiger partial charge in [-0.3, -0.25) is 4.90 Å². The molecular formula is C28H36N6O2. The van der Waals surface area contributed by atoms with Crippen molar-refractivity contribution >= 4 is 11.6 Å². The van der Waals surface area contributed by atoms with Crippen LogP contribution in [0.4, 0.5) is 11.6 Å². The average molecular weight is 489 g/mol. The number of benzene rings is 1. The molecule has 0 radical (unpaired) electrons. The average Bonchev–Trinajstić information content (AvgIpc) is 3.49. The number of nitrogens with zero attached hydrogens (tertiary/aromatic N) is 5. The van der Waals surface area contributed by atoms with Crippen molar-refractivity contribution in [2.45, 2.75) is 51.5 Å². The Kier molecular flexibility index (Phi) is 5.86. The highest BCUT2D eigenvalue weighted by Crippen LogP contribution is 2.40. The molecule has 1 aromatic carbocycles. The number of aromatic hydroxyl groups is 1. The van der Waals surface area contributed by atoms with Gasteiger partial charge in [-0.1, -0.05) is 38.1 Å². The molecule has 3 aliphatic rings. The summed E-state index contributed by atoms with van der Waals surface area (Å²) in [5, 5.41) is 27.0. The molecule has 3 aliphatic heterocycles. The van der Waals surface area contributed by atoms with E-state index in [1.54, 1.807) is 6.07 Å². The summed E-state index contributed by atoms with van der Waals surface area (Å²) in [4.78, 5) is 4.96. The second-order valence-electron chi connectivity index (χ2n) is 11.4. The maximum atomic E-state index is 10.2. The zero-order chi connectivity index (χ0) is 24.9. The standard InChI is InChI=1S/C28H36N6O2/c1-18(2)19(3)25-13-26(32-36-25)34-10-8-20(9-11-34)15-33-16-28(17-33)14-21-12-23(30-31-27(21)29-28)22-6-4-5-7-24(22)35/h4-7,12-13,18-20,35H,8-11,14-17H2,1-3H3,(H,29,31). The summed E-state index contributed by atoms with van der Waals surface area (Å²) in [5.74, 6) is 4.77. The van der Waals surface area contributed by atoms with Gasteiger partial charge < -0.3 is 19.8 Å². The monoisotopic (exact) mass is 488 g/mol. The third-order valence-corrected chi connectivity index (χ3v) is 8.44. The summed E-state index contributed by atoms with van der Waals surface area (Å²) in [6, 6.07) is 11.5. The van der Waals surface area contributed by atoms with E-state index in [-0.39, 0.29) is 11.3 Å². The second kappa shape index (κ2) is 9.07. The molecule has 8 heteroatoms. The third-order valence-electron chi connectivity index (χ3n) is 8.44. The molecule has 2 aromatic heterocycles. The fourth-order valence-corrected chi connectivity index (χ4v) is 5.96. The van der Waals surface area contributed by atoms with Crippen LogP contribution >= 0.6 is 0 Å². The summed E-state index contributed by atoms with van der Waals surface area (Å²) in [5.41, 5.74) is 2.72. The van der Waals surface area contributed by atoms with Gasteiger partial charge in [-0.2, -0.15) is 0 Å². The van der Waals surface area contributed by atoms with E-state index in [2.05, 4.69) is 63.4 Å². The maximum Gasteiger partial charge on any atom is 0.172 e. The van der Waals surface area contributed by atoms with Gasteiger partial charge in [-0.05, 0) is 42.9 Å². The third kappa shape index (κ3) is 4.32. The highest BCUT2D eigenvalue weighted by Gasteiger charge is 2.48. The largest absolute Gasteiger partial charge is 0.507 e. The second-order valence-corrected chi connectivity index (χ2v) is 11.4. The number of hydrogen-bond acceptors (Lipinski definition) is 8. The molecule has 190 valence electrons. The molecule has 36 heavy (non-hydrogen) atoms. The topological polar surface area (TPSA) is 90.5 Å². The SMILES string of the molecule is CC(C)C(C)c1cc(N2CCC(CN3CC4(Cc5cc(-c6ccccc6O)nnc5N4)C3)CC2)no1. The first-order valence-electron chi connectivity index (χ1n) is 13.3.